The summed E-state index contributed by atoms with van der Waals surface area (Å²) in [6.07, 6.45) is -0.640. The highest BCUT2D eigenvalue weighted by Crippen LogP contribution is 2.26. The second kappa shape index (κ2) is 9.91. The summed E-state index contributed by atoms with van der Waals surface area (Å²) in [6.45, 7) is 5.26. The quantitative estimate of drug-likeness (QED) is 0.538. The number of primary amides is 1. The van der Waals surface area contributed by atoms with Gasteiger partial charge in [0.05, 0.1) is 15.2 Å². The Morgan fingerprint density at radius 1 is 1.22 bits per heavy atom. The van der Waals surface area contributed by atoms with E-state index in [1.54, 1.807) is 23.5 Å². The van der Waals surface area contributed by atoms with E-state index in [0.717, 1.165) is 15.2 Å². The fraction of sp³-hybridized carbons (Fsp3) is 0.391. The van der Waals surface area contributed by atoms with Gasteiger partial charge >= 0.3 is 0 Å². The lowest BCUT2D eigenvalue weighted by Crippen LogP contribution is -2.52. The molecule has 1 fully saturated rings. The van der Waals surface area contributed by atoms with E-state index in [-0.39, 0.29) is 12.4 Å². The van der Waals surface area contributed by atoms with Crippen LogP contribution < -0.4 is 10.5 Å². The SMILES string of the molecule is Cc1nc2cc(OCC(O)CN3CCN(C(C(N)=O)c4ccc(F)cc4)CC3)ccc2s1. The zero-order valence-electron chi connectivity index (χ0n) is 17.9. The Morgan fingerprint density at radius 2 is 1.94 bits per heavy atom. The van der Waals surface area contributed by atoms with Crippen molar-refractivity contribution in [2.45, 2.75) is 19.1 Å². The predicted molar refractivity (Wildman–Crippen MR) is 122 cm³/mol. The smallest absolute Gasteiger partial charge is 0.239 e. The number of aliphatic hydroxyl groups excluding tert-OH is 1. The summed E-state index contributed by atoms with van der Waals surface area (Å²) in [5, 5.41) is 11.5. The maximum atomic E-state index is 13.2. The van der Waals surface area contributed by atoms with Gasteiger partial charge in [0.25, 0.3) is 0 Å². The molecule has 2 atom stereocenters. The molecule has 9 heteroatoms. The van der Waals surface area contributed by atoms with E-state index in [1.165, 1.54) is 12.1 Å². The van der Waals surface area contributed by atoms with Crippen LogP contribution in [0, 0.1) is 12.7 Å². The van der Waals surface area contributed by atoms with Crippen LogP contribution in [0.2, 0.25) is 0 Å². The Morgan fingerprint density at radius 3 is 2.62 bits per heavy atom. The third-order valence-corrected chi connectivity index (χ3v) is 6.56. The van der Waals surface area contributed by atoms with Crippen molar-refractivity contribution in [2.75, 3.05) is 39.3 Å². The number of aryl methyl sites for hydroxylation is 1. The highest BCUT2D eigenvalue weighted by Gasteiger charge is 2.29. The molecule has 1 aromatic heterocycles. The maximum absolute atomic E-state index is 13.2. The highest BCUT2D eigenvalue weighted by molar-refractivity contribution is 7.18. The van der Waals surface area contributed by atoms with Crippen molar-refractivity contribution in [1.29, 1.82) is 0 Å². The van der Waals surface area contributed by atoms with E-state index < -0.39 is 18.1 Å². The number of carbonyl (C=O) groups is 1. The number of hydrogen-bond donors (Lipinski definition) is 2. The summed E-state index contributed by atoms with van der Waals surface area (Å²) < 4.78 is 20.1. The molecular weight excluding hydrogens is 431 g/mol. The predicted octanol–water partition coefficient (Wildman–Crippen LogP) is 2.33. The number of β-amino-alcohol motifs (C(OH)–C–C–N with tert-alkyl or cyclic N) is 1. The molecular formula is C23H27FN4O3S. The van der Waals surface area contributed by atoms with Gasteiger partial charge < -0.3 is 15.6 Å². The number of nitrogens with two attached hydrogens (primary N) is 1. The molecule has 7 nitrogen and oxygen atoms in total. The first-order valence-electron chi connectivity index (χ1n) is 10.6. The van der Waals surface area contributed by atoms with E-state index in [2.05, 4.69) is 9.88 Å². The fourth-order valence-corrected chi connectivity index (χ4v) is 4.87. The minimum Gasteiger partial charge on any atom is -0.491 e. The van der Waals surface area contributed by atoms with E-state index >= 15 is 0 Å². The number of hydrogen-bond acceptors (Lipinski definition) is 7. The number of amides is 1. The number of halogens is 1. The molecule has 0 spiro atoms. The van der Waals surface area contributed by atoms with Crippen LogP contribution in [-0.4, -0.2) is 71.2 Å². The van der Waals surface area contributed by atoms with Crippen LogP contribution in [0.15, 0.2) is 42.5 Å². The van der Waals surface area contributed by atoms with Crippen LogP contribution in [0.3, 0.4) is 0 Å². The van der Waals surface area contributed by atoms with Crippen molar-refractivity contribution in [2.24, 2.45) is 5.73 Å². The Hall–Kier alpha value is -2.59. The van der Waals surface area contributed by atoms with Gasteiger partial charge in [0.1, 0.15) is 30.3 Å². The van der Waals surface area contributed by atoms with Crippen LogP contribution in [0.1, 0.15) is 16.6 Å². The first-order chi connectivity index (χ1) is 15.4. The Bertz CT molecular complexity index is 1070. The van der Waals surface area contributed by atoms with Crippen molar-refractivity contribution in [3.05, 3.63) is 58.9 Å². The number of fused-ring (bicyclic) bond motifs is 1. The number of piperazine rings is 1. The number of thiazole rings is 1. The standard InChI is InChI=1S/C23H27FN4O3S/c1-15-26-20-12-19(6-7-21(20)32-15)31-14-18(29)13-27-8-10-28(11-9-27)22(23(25)30)16-2-4-17(24)5-3-16/h2-7,12,18,22,29H,8-11,13-14H2,1H3,(H2,25,30). The molecule has 0 aliphatic carbocycles. The molecule has 2 heterocycles. The molecule has 1 amide bonds. The van der Waals surface area contributed by atoms with Crippen molar-refractivity contribution in [3.8, 4) is 5.75 Å². The van der Waals surface area contributed by atoms with Gasteiger partial charge in [-0.1, -0.05) is 12.1 Å². The monoisotopic (exact) mass is 458 g/mol. The van der Waals surface area contributed by atoms with Crippen LogP contribution in [0.25, 0.3) is 10.2 Å². The number of ether oxygens (including phenoxy) is 1. The summed E-state index contributed by atoms with van der Waals surface area (Å²) in [6, 6.07) is 11.1. The van der Waals surface area contributed by atoms with Gasteiger partial charge in [-0.25, -0.2) is 9.37 Å². The summed E-state index contributed by atoms with van der Waals surface area (Å²) in [5.41, 5.74) is 7.23. The van der Waals surface area contributed by atoms with Crippen molar-refractivity contribution in [1.82, 2.24) is 14.8 Å². The van der Waals surface area contributed by atoms with Crippen LogP contribution in [0.5, 0.6) is 5.75 Å². The van der Waals surface area contributed by atoms with Crippen LogP contribution >= 0.6 is 11.3 Å². The normalized spacial score (nSPS) is 17.3. The van der Waals surface area contributed by atoms with Crippen LogP contribution in [0.4, 0.5) is 4.39 Å². The second-order valence-corrected chi connectivity index (χ2v) is 9.26. The van der Waals surface area contributed by atoms with Crippen LogP contribution in [-0.2, 0) is 4.79 Å². The highest BCUT2D eigenvalue weighted by atomic mass is 32.1. The second-order valence-electron chi connectivity index (χ2n) is 8.02. The Labute approximate surface area is 190 Å². The van der Waals surface area contributed by atoms with Gasteiger partial charge in [0.2, 0.25) is 5.91 Å². The minimum absolute atomic E-state index is 0.189. The number of benzene rings is 2. The molecule has 32 heavy (non-hydrogen) atoms. The number of rotatable bonds is 8. The summed E-state index contributed by atoms with van der Waals surface area (Å²) in [7, 11) is 0. The van der Waals surface area contributed by atoms with Crippen molar-refractivity contribution >= 4 is 27.5 Å². The Balaban J connectivity index is 1.27. The molecule has 0 radical (unpaired) electrons. The van der Waals surface area contributed by atoms with Crippen molar-refractivity contribution < 1.29 is 19.0 Å². The average Bonchev–Trinajstić information content (AvgIpc) is 3.14. The fourth-order valence-electron chi connectivity index (χ4n) is 4.06. The summed E-state index contributed by atoms with van der Waals surface area (Å²) >= 11 is 1.64. The van der Waals surface area contributed by atoms with Gasteiger partial charge in [0.15, 0.2) is 0 Å². The maximum Gasteiger partial charge on any atom is 0.239 e. The molecule has 1 aliphatic rings. The first kappa shape index (κ1) is 22.6. The summed E-state index contributed by atoms with van der Waals surface area (Å²) in [4.78, 5) is 20.7. The molecule has 1 saturated heterocycles. The zero-order chi connectivity index (χ0) is 22.7. The molecule has 0 saturated carbocycles. The van der Waals surface area contributed by atoms with E-state index in [0.29, 0.717) is 44.0 Å². The lowest BCUT2D eigenvalue weighted by molar-refractivity contribution is -0.124. The van der Waals surface area contributed by atoms with E-state index in [9.17, 15) is 14.3 Å². The third-order valence-electron chi connectivity index (χ3n) is 5.60. The number of nitrogens with zero attached hydrogens (tertiary/aromatic N) is 3. The molecule has 0 bridgehead atoms. The molecule has 3 N–H and O–H groups in total. The average molecular weight is 459 g/mol. The van der Waals surface area contributed by atoms with E-state index in [4.69, 9.17) is 10.5 Å². The molecule has 4 rings (SSSR count). The van der Waals surface area contributed by atoms with Gasteiger partial charge in [0, 0.05) is 38.8 Å². The molecule has 2 unspecified atom stereocenters. The van der Waals surface area contributed by atoms with Crippen molar-refractivity contribution in [3.63, 3.8) is 0 Å². The molecule has 2 aromatic carbocycles. The number of aromatic nitrogens is 1. The molecule has 3 aromatic rings. The lowest BCUT2D eigenvalue weighted by atomic mass is 10.0. The number of carbonyl (C=O) groups excluding carboxylic acids is 1. The van der Waals surface area contributed by atoms with Gasteiger partial charge in [-0.05, 0) is 36.8 Å². The third kappa shape index (κ3) is 5.42. The first-order valence-corrected chi connectivity index (χ1v) is 11.4. The largest absolute Gasteiger partial charge is 0.491 e. The molecule has 170 valence electrons. The minimum atomic E-state index is -0.640. The van der Waals surface area contributed by atoms with Gasteiger partial charge in [-0.3, -0.25) is 14.6 Å². The van der Waals surface area contributed by atoms with E-state index in [1.807, 2.05) is 30.0 Å². The molecule has 1 aliphatic heterocycles. The van der Waals surface area contributed by atoms with Gasteiger partial charge in [-0.2, -0.15) is 0 Å². The zero-order valence-corrected chi connectivity index (χ0v) is 18.7. The Kier molecular flexibility index (Phi) is 7.00. The topological polar surface area (TPSA) is 91.9 Å². The van der Waals surface area contributed by atoms with Gasteiger partial charge in [-0.15, -0.1) is 11.3 Å². The summed E-state index contributed by atoms with van der Waals surface area (Å²) in [5.74, 6) is -0.111. The lowest BCUT2D eigenvalue weighted by Gasteiger charge is -2.38. The number of aliphatic hydroxyl groups is 1.